The minimum Gasteiger partial charge on any atom is -0.0843 e. The molecule has 0 atom stereocenters. The first-order valence-corrected chi connectivity index (χ1v) is 5.01. The monoisotopic (exact) mass is 191 g/mol. The van der Waals surface area contributed by atoms with Crippen LogP contribution in [0.15, 0.2) is 30.3 Å². The van der Waals surface area contributed by atoms with Crippen LogP contribution in [0.1, 0.15) is 24.8 Å². The van der Waals surface area contributed by atoms with Gasteiger partial charge in [0.2, 0.25) is 0 Å². The molecule has 0 N–H and O–H groups in total. The average Bonchev–Trinajstić information content (AvgIpc) is 2.19. The molecule has 0 bridgehead atoms. The van der Waals surface area contributed by atoms with E-state index in [-0.39, 0.29) is 0 Å². The van der Waals surface area contributed by atoms with Crippen LogP contribution in [0.2, 0.25) is 5.02 Å². The fraction of sp³-hybridized carbons (Fsp3) is 0.250. The number of hydrogen-bond acceptors (Lipinski definition) is 0. The van der Waals surface area contributed by atoms with E-state index in [0.717, 1.165) is 17.9 Å². The van der Waals surface area contributed by atoms with E-state index in [1.54, 1.807) is 0 Å². The molecule has 0 nitrogen and oxygen atoms in total. The first kappa shape index (κ1) is 8.83. The van der Waals surface area contributed by atoms with Crippen molar-refractivity contribution in [1.82, 2.24) is 0 Å². The van der Waals surface area contributed by atoms with E-state index < -0.39 is 0 Å². The summed E-state index contributed by atoms with van der Waals surface area (Å²) in [5.74, 6) is 0. The van der Waals surface area contributed by atoms with E-state index in [1.807, 2.05) is 18.2 Å². The molecule has 0 spiro atoms. The Morgan fingerprint density at radius 3 is 2.85 bits per heavy atom. The predicted octanol–water partition coefficient (Wildman–Crippen LogP) is 4.11. The van der Waals surface area contributed by atoms with E-state index in [2.05, 4.69) is 18.6 Å². The van der Waals surface area contributed by atoms with Crippen LogP contribution < -0.4 is 0 Å². The van der Waals surface area contributed by atoms with Gasteiger partial charge in [0.1, 0.15) is 0 Å². The second kappa shape index (κ2) is 3.97. The number of allylic oxidation sites excluding steroid dienone is 2. The van der Waals surface area contributed by atoms with Crippen LogP contribution in [0.25, 0.3) is 5.57 Å². The van der Waals surface area contributed by atoms with Gasteiger partial charge < -0.3 is 0 Å². The van der Waals surface area contributed by atoms with Crippen LogP contribution in [-0.4, -0.2) is 0 Å². The Hall–Kier alpha value is -0.750. The van der Waals surface area contributed by atoms with Crippen molar-refractivity contribution >= 4 is 17.2 Å². The van der Waals surface area contributed by atoms with E-state index in [1.165, 1.54) is 17.6 Å². The zero-order valence-electron chi connectivity index (χ0n) is 7.46. The van der Waals surface area contributed by atoms with E-state index in [9.17, 15) is 0 Å². The zero-order chi connectivity index (χ0) is 9.10. The molecule has 0 unspecified atom stereocenters. The highest BCUT2D eigenvalue weighted by atomic mass is 35.5. The first-order chi connectivity index (χ1) is 6.36. The number of benzene rings is 1. The van der Waals surface area contributed by atoms with Gasteiger partial charge in [-0.15, -0.1) is 0 Å². The van der Waals surface area contributed by atoms with Crippen molar-refractivity contribution < 1.29 is 0 Å². The lowest BCUT2D eigenvalue weighted by Crippen LogP contribution is -1.91. The van der Waals surface area contributed by atoms with Crippen LogP contribution in [0, 0.1) is 6.42 Å². The largest absolute Gasteiger partial charge is 0.0843 e. The molecule has 13 heavy (non-hydrogen) atoms. The quantitative estimate of drug-likeness (QED) is 0.627. The number of halogens is 1. The Morgan fingerprint density at radius 2 is 2.15 bits per heavy atom. The lowest BCUT2D eigenvalue weighted by Gasteiger charge is -2.12. The van der Waals surface area contributed by atoms with Crippen LogP contribution in [-0.2, 0) is 0 Å². The molecule has 0 aromatic heterocycles. The summed E-state index contributed by atoms with van der Waals surface area (Å²) in [6.07, 6.45) is 8.05. The van der Waals surface area contributed by atoms with Gasteiger partial charge in [-0.1, -0.05) is 29.8 Å². The lowest BCUT2D eigenvalue weighted by molar-refractivity contribution is 0.909. The summed E-state index contributed by atoms with van der Waals surface area (Å²) >= 11 is 5.93. The molecule has 1 aliphatic rings. The second-order valence-corrected chi connectivity index (χ2v) is 3.74. The van der Waals surface area contributed by atoms with Gasteiger partial charge in [0, 0.05) is 5.02 Å². The Morgan fingerprint density at radius 1 is 1.23 bits per heavy atom. The molecule has 0 amide bonds. The molecule has 1 radical (unpaired) electrons. The minimum atomic E-state index is 0.827. The summed E-state index contributed by atoms with van der Waals surface area (Å²) in [7, 11) is 0. The zero-order valence-corrected chi connectivity index (χ0v) is 8.22. The fourth-order valence-electron chi connectivity index (χ4n) is 1.65. The molecule has 1 heteroatoms. The van der Waals surface area contributed by atoms with Gasteiger partial charge in [0.25, 0.3) is 0 Å². The SMILES string of the molecule is Clc1cccc(C2=CC[CH]CC2)c1. The fourth-order valence-corrected chi connectivity index (χ4v) is 1.84. The average molecular weight is 192 g/mol. The van der Waals surface area contributed by atoms with E-state index >= 15 is 0 Å². The smallest absolute Gasteiger partial charge is 0.0412 e. The van der Waals surface area contributed by atoms with Gasteiger partial charge in [0.05, 0.1) is 0 Å². The molecule has 0 heterocycles. The molecule has 0 aliphatic heterocycles. The van der Waals surface area contributed by atoms with Crippen molar-refractivity contribution in [3.05, 3.63) is 47.3 Å². The van der Waals surface area contributed by atoms with Crippen molar-refractivity contribution in [1.29, 1.82) is 0 Å². The maximum Gasteiger partial charge on any atom is 0.0412 e. The van der Waals surface area contributed by atoms with Crippen molar-refractivity contribution in [2.24, 2.45) is 0 Å². The molecule has 0 saturated heterocycles. The lowest BCUT2D eigenvalue weighted by atomic mass is 9.94. The molecular formula is C12H12Cl. The van der Waals surface area contributed by atoms with Crippen molar-refractivity contribution in [2.75, 3.05) is 0 Å². The summed E-state index contributed by atoms with van der Waals surface area (Å²) in [5.41, 5.74) is 2.71. The van der Waals surface area contributed by atoms with Gasteiger partial charge in [0.15, 0.2) is 0 Å². The van der Waals surface area contributed by atoms with E-state index in [4.69, 9.17) is 11.6 Å². The maximum atomic E-state index is 5.93. The highest BCUT2D eigenvalue weighted by Gasteiger charge is 2.05. The summed E-state index contributed by atoms with van der Waals surface area (Å²) in [5, 5.41) is 0.827. The maximum absolute atomic E-state index is 5.93. The van der Waals surface area contributed by atoms with Crippen molar-refractivity contribution in [3.8, 4) is 0 Å². The van der Waals surface area contributed by atoms with Gasteiger partial charge in [-0.05, 0) is 49.0 Å². The topological polar surface area (TPSA) is 0 Å². The van der Waals surface area contributed by atoms with Crippen LogP contribution in [0.3, 0.4) is 0 Å². The number of rotatable bonds is 1. The minimum absolute atomic E-state index is 0.827. The normalized spacial score (nSPS) is 16.8. The first-order valence-electron chi connectivity index (χ1n) is 4.63. The standard InChI is InChI=1S/C12H12Cl/c13-12-8-4-7-11(9-12)10-5-2-1-3-6-10/h1,4-5,7-9H,2-3,6H2. The molecule has 67 valence electrons. The third kappa shape index (κ3) is 2.13. The second-order valence-electron chi connectivity index (χ2n) is 3.30. The molecule has 2 rings (SSSR count). The Kier molecular flexibility index (Phi) is 2.70. The summed E-state index contributed by atoms with van der Waals surface area (Å²) < 4.78 is 0. The molecule has 1 aromatic carbocycles. The third-order valence-corrected chi connectivity index (χ3v) is 2.58. The summed E-state index contributed by atoms with van der Waals surface area (Å²) in [4.78, 5) is 0. The van der Waals surface area contributed by atoms with E-state index in [0.29, 0.717) is 0 Å². The van der Waals surface area contributed by atoms with Crippen LogP contribution in [0.5, 0.6) is 0 Å². The molecule has 0 saturated carbocycles. The summed E-state index contributed by atoms with van der Waals surface area (Å²) in [6.45, 7) is 0. The molecular weight excluding hydrogens is 180 g/mol. The van der Waals surface area contributed by atoms with Gasteiger partial charge in [-0.2, -0.15) is 0 Å². The van der Waals surface area contributed by atoms with Gasteiger partial charge >= 0.3 is 0 Å². The van der Waals surface area contributed by atoms with Crippen LogP contribution in [0.4, 0.5) is 0 Å². The Balaban J connectivity index is 2.29. The van der Waals surface area contributed by atoms with Crippen LogP contribution >= 0.6 is 11.6 Å². The Bertz CT molecular complexity index is 326. The third-order valence-electron chi connectivity index (χ3n) is 2.34. The predicted molar refractivity (Wildman–Crippen MR) is 57.6 cm³/mol. The molecule has 1 aliphatic carbocycles. The Labute approximate surface area is 84.2 Å². The van der Waals surface area contributed by atoms with Gasteiger partial charge in [-0.25, -0.2) is 0 Å². The van der Waals surface area contributed by atoms with Crippen molar-refractivity contribution in [2.45, 2.75) is 19.3 Å². The highest BCUT2D eigenvalue weighted by molar-refractivity contribution is 6.30. The number of hydrogen-bond donors (Lipinski definition) is 0. The highest BCUT2D eigenvalue weighted by Crippen LogP contribution is 2.27. The van der Waals surface area contributed by atoms with Crippen molar-refractivity contribution in [3.63, 3.8) is 0 Å². The van der Waals surface area contributed by atoms with Gasteiger partial charge in [-0.3, -0.25) is 0 Å². The molecule has 1 aromatic rings. The summed E-state index contributed by atoms with van der Waals surface area (Å²) in [6, 6.07) is 8.10. The molecule has 0 fully saturated rings.